The molecule has 0 atom stereocenters. The number of carbonyl (C=O) groups excluding carboxylic acids is 1. The van der Waals surface area contributed by atoms with Gasteiger partial charge in [-0.3, -0.25) is 29.6 Å². The maximum absolute atomic E-state index is 14.2. The van der Waals surface area contributed by atoms with Crippen molar-refractivity contribution < 1.29 is 18.1 Å². The number of aromatic amines is 1. The summed E-state index contributed by atoms with van der Waals surface area (Å²) < 4.78 is 31.6. The average molecular weight is 891 g/mol. The number of aromatic nitrogens is 4. The zero-order valence-electron chi connectivity index (χ0n) is 35.6. The van der Waals surface area contributed by atoms with Crippen molar-refractivity contribution in [2.45, 2.75) is 56.9 Å². The van der Waals surface area contributed by atoms with Gasteiger partial charge in [-0.2, -0.15) is 0 Å². The summed E-state index contributed by atoms with van der Waals surface area (Å²) in [4.78, 5) is 41.4. The number of pyridine rings is 1. The molecule has 0 saturated carbocycles. The molecule has 3 N–H and O–H groups in total. The molecule has 1 amide bonds. The number of rotatable bonds is 11. The number of nitrogens with one attached hydrogen (secondary N) is 3. The molecular formula is C46H51ClN10O5S. The normalized spacial score (nSPS) is 18.0. The summed E-state index contributed by atoms with van der Waals surface area (Å²) in [5.74, 6) is -0.891. The maximum Gasteiger partial charge on any atom is 0.293 e. The third kappa shape index (κ3) is 9.03. The van der Waals surface area contributed by atoms with E-state index < -0.39 is 25.7 Å². The number of nitro groups is 1. The van der Waals surface area contributed by atoms with Gasteiger partial charge in [0.05, 0.1) is 26.6 Å². The molecule has 328 valence electrons. The molecule has 0 radical (unpaired) electrons. The number of benzene rings is 3. The van der Waals surface area contributed by atoms with E-state index >= 15 is 0 Å². The van der Waals surface area contributed by atoms with Crippen molar-refractivity contribution >= 4 is 72.2 Å². The molecule has 1 aliphatic carbocycles. The fourth-order valence-corrected chi connectivity index (χ4v) is 10.3. The van der Waals surface area contributed by atoms with Crippen molar-refractivity contribution in [3.8, 4) is 5.69 Å². The van der Waals surface area contributed by atoms with Crippen molar-refractivity contribution in [2.75, 3.05) is 63.1 Å². The van der Waals surface area contributed by atoms with E-state index in [1.165, 1.54) is 28.8 Å². The van der Waals surface area contributed by atoms with E-state index in [-0.39, 0.29) is 28.4 Å². The SMILES string of the molecule is CN1CCC(Nc2ccc(S(=O)(=O)NC(=O)c3ccc(N4CCN(CC5=C(c6ccc(Cl)cc6)CC(C)(C)CC5)CC4)cc3-n3[nH]cc4nc5nccc5cc43)cc2[N+](=O)[O-])CC1. The Morgan fingerprint density at radius 3 is 2.49 bits per heavy atom. The minimum absolute atomic E-state index is 0.0107. The second kappa shape index (κ2) is 17.1. The van der Waals surface area contributed by atoms with Crippen molar-refractivity contribution in [2.24, 2.45) is 5.41 Å². The second-order valence-electron chi connectivity index (χ2n) is 17.8. The van der Waals surface area contributed by atoms with Crippen LogP contribution in [0.2, 0.25) is 5.02 Å². The van der Waals surface area contributed by atoms with Crippen LogP contribution in [0.25, 0.3) is 33.3 Å². The van der Waals surface area contributed by atoms with Gasteiger partial charge in [-0.15, -0.1) is 0 Å². The number of nitrogens with zero attached hydrogens (tertiary/aromatic N) is 7. The molecule has 0 bridgehead atoms. The molecule has 63 heavy (non-hydrogen) atoms. The number of anilines is 2. The monoisotopic (exact) mass is 890 g/mol. The van der Waals surface area contributed by atoms with Gasteiger partial charge in [0, 0.05) is 73.3 Å². The summed E-state index contributed by atoms with van der Waals surface area (Å²) in [5.41, 5.74) is 7.41. The van der Waals surface area contributed by atoms with Crippen LogP contribution >= 0.6 is 11.6 Å². The topological polar surface area (TPSA) is 175 Å². The number of sulfonamides is 1. The first-order valence-corrected chi connectivity index (χ1v) is 23.3. The number of piperidine rings is 1. The van der Waals surface area contributed by atoms with Crippen molar-refractivity contribution in [1.82, 2.24) is 34.3 Å². The van der Waals surface area contributed by atoms with Gasteiger partial charge in [0.15, 0.2) is 5.65 Å². The first-order valence-electron chi connectivity index (χ1n) is 21.4. The Balaban J connectivity index is 0.982. The highest BCUT2D eigenvalue weighted by molar-refractivity contribution is 7.90. The third-order valence-electron chi connectivity index (χ3n) is 12.8. The standard InChI is InChI=1S/C46H51ClN10O5S/c1-46(2)16-12-32(38(27-46)30-4-6-33(47)7-5-30)29-54-20-22-55(23-21-54)35-8-10-37(41(25-35)56-42-24-31-13-17-48-44(31)51-40(42)28-49-56)45(58)52-63(61,62)36-9-11-39(43(26-36)57(59)60)50-34-14-18-53(3)19-15-34/h4-11,13,17,24-26,28,34,49-50H,12,14-16,18-23,27,29H2,1-3H3,(H,52,58). The van der Waals surface area contributed by atoms with Crippen LogP contribution in [0.4, 0.5) is 17.1 Å². The Bertz CT molecular complexity index is 2860. The summed E-state index contributed by atoms with van der Waals surface area (Å²) in [6.07, 6.45) is 8.19. The Morgan fingerprint density at radius 2 is 1.75 bits per heavy atom. The number of nitro benzene ring substituents is 1. The molecule has 0 unspecified atom stereocenters. The zero-order chi connectivity index (χ0) is 44.0. The summed E-state index contributed by atoms with van der Waals surface area (Å²) in [6.45, 7) is 10.4. The molecule has 15 nitrogen and oxygen atoms in total. The average Bonchev–Trinajstić information content (AvgIpc) is 3.91. The molecule has 3 aromatic carbocycles. The van der Waals surface area contributed by atoms with Crippen molar-refractivity contribution in [1.29, 1.82) is 0 Å². The minimum Gasteiger partial charge on any atom is -0.377 e. The van der Waals surface area contributed by atoms with Gasteiger partial charge in [-0.1, -0.05) is 43.2 Å². The number of hydrogen-bond acceptors (Lipinski definition) is 11. The van der Waals surface area contributed by atoms with Gasteiger partial charge in [-0.25, -0.2) is 23.1 Å². The van der Waals surface area contributed by atoms with Gasteiger partial charge in [0.2, 0.25) is 0 Å². The number of likely N-dealkylation sites (tertiary alicyclic amines) is 1. The quantitative estimate of drug-likeness (QED) is 0.0853. The highest BCUT2D eigenvalue weighted by Crippen LogP contribution is 2.43. The molecular weight excluding hydrogens is 840 g/mol. The molecule has 2 aliphatic heterocycles. The zero-order valence-corrected chi connectivity index (χ0v) is 37.2. The molecule has 2 saturated heterocycles. The van der Waals surface area contributed by atoms with E-state index in [0.717, 1.165) is 100 Å². The van der Waals surface area contributed by atoms with Gasteiger partial charge < -0.3 is 15.1 Å². The first-order chi connectivity index (χ1) is 30.2. The summed E-state index contributed by atoms with van der Waals surface area (Å²) in [5, 5.41) is 20.2. The summed E-state index contributed by atoms with van der Waals surface area (Å²) in [7, 11) is -2.53. The van der Waals surface area contributed by atoms with Crippen LogP contribution in [-0.2, 0) is 10.0 Å². The minimum atomic E-state index is -4.55. The fourth-order valence-electron chi connectivity index (χ4n) is 9.17. The molecule has 17 heteroatoms. The van der Waals surface area contributed by atoms with E-state index in [1.807, 2.05) is 43.4 Å². The summed E-state index contributed by atoms with van der Waals surface area (Å²) >= 11 is 6.26. The number of amides is 1. The predicted octanol–water partition coefficient (Wildman–Crippen LogP) is 7.87. The van der Waals surface area contributed by atoms with Crippen LogP contribution in [0.15, 0.2) is 95.7 Å². The van der Waals surface area contributed by atoms with E-state index in [1.54, 1.807) is 23.1 Å². The lowest BCUT2D eigenvalue weighted by atomic mass is 9.72. The predicted molar refractivity (Wildman–Crippen MR) is 247 cm³/mol. The number of hydrogen-bond donors (Lipinski definition) is 3. The van der Waals surface area contributed by atoms with Gasteiger partial charge >= 0.3 is 0 Å². The summed E-state index contributed by atoms with van der Waals surface area (Å²) in [6, 6.07) is 21.0. The van der Waals surface area contributed by atoms with Crippen molar-refractivity contribution in [3.63, 3.8) is 0 Å². The lowest BCUT2D eigenvalue weighted by Gasteiger charge is -2.39. The maximum atomic E-state index is 14.2. The molecule has 9 rings (SSSR count). The van der Waals surface area contributed by atoms with Crippen molar-refractivity contribution in [3.05, 3.63) is 117 Å². The third-order valence-corrected chi connectivity index (χ3v) is 14.4. The van der Waals surface area contributed by atoms with Gasteiger partial charge in [0.1, 0.15) is 11.2 Å². The number of allylic oxidation sites excluding steroid dienone is 1. The number of carbonyl (C=O) groups is 1. The number of fused-ring (bicyclic) bond motifs is 2. The molecule has 2 fully saturated rings. The molecule has 5 heterocycles. The number of H-pyrrole nitrogens is 1. The van der Waals surface area contributed by atoms with E-state index in [2.05, 4.69) is 65.8 Å². The smallest absolute Gasteiger partial charge is 0.293 e. The van der Waals surface area contributed by atoms with E-state index in [9.17, 15) is 23.3 Å². The Morgan fingerprint density at radius 1 is 0.984 bits per heavy atom. The lowest BCUT2D eigenvalue weighted by molar-refractivity contribution is -0.384. The second-order valence-corrected chi connectivity index (χ2v) is 20.0. The Kier molecular flexibility index (Phi) is 11.5. The Hall–Kier alpha value is -5.81. The van der Waals surface area contributed by atoms with Crippen LogP contribution < -0.4 is 14.9 Å². The lowest BCUT2D eigenvalue weighted by Crippen LogP contribution is -2.47. The largest absolute Gasteiger partial charge is 0.377 e. The van der Waals surface area contributed by atoms with Crippen LogP contribution in [0, 0.1) is 15.5 Å². The number of halogens is 1. The fraction of sp³-hybridized carbons (Fsp3) is 0.370. The molecule has 6 aromatic rings. The van der Waals surface area contributed by atoms with Crippen LogP contribution in [0.1, 0.15) is 61.9 Å². The highest BCUT2D eigenvalue weighted by Gasteiger charge is 2.31. The van der Waals surface area contributed by atoms with E-state index in [4.69, 9.17) is 11.6 Å². The molecule has 3 aliphatic rings. The van der Waals surface area contributed by atoms with Crippen LogP contribution in [-0.4, -0.2) is 108 Å². The molecule has 3 aromatic heterocycles. The Labute approximate surface area is 371 Å². The molecule has 0 spiro atoms. The first kappa shape index (κ1) is 42.5. The van der Waals surface area contributed by atoms with E-state index in [0.29, 0.717) is 22.4 Å². The van der Waals surface area contributed by atoms with Crippen LogP contribution in [0.3, 0.4) is 0 Å². The van der Waals surface area contributed by atoms with Gasteiger partial charge in [0.25, 0.3) is 21.6 Å². The highest BCUT2D eigenvalue weighted by atomic mass is 35.5. The van der Waals surface area contributed by atoms with Crippen LogP contribution in [0.5, 0.6) is 0 Å². The number of piperazine rings is 1. The van der Waals surface area contributed by atoms with Gasteiger partial charge in [-0.05, 0) is 123 Å².